The zero-order valence-electron chi connectivity index (χ0n) is 12.7. The van der Waals surface area contributed by atoms with Crippen molar-refractivity contribution in [1.29, 1.82) is 0 Å². The lowest BCUT2D eigenvalue weighted by Crippen LogP contribution is -2.45. The van der Waals surface area contributed by atoms with Gasteiger partial charge in [0, 0.05) is 25.7 Å². The van der Waals surface area contributed by atoms with Gasteiger partial charge in [-0.25, -0.2) is 13.2 Å². The quantitative estimate of drug-likeness (QED) is 0.828. The topological polar surface area (TPSA) is 78.5 Å². The molecule has 1 aromatic rings. The van der Waals surface area contributed by atoms with Gasteiger partial charge in [0.25, 0.3) is 10.0 Å². The number of urea groups is 1. The Labute approximate surface area is 135 Å². The summed E-state index contributed by atoms with van der Waals surface area (Å²) in [4.78, 5) is 11.4. The highest BCUT2D eigenvalue weighted by atomic mass is 32.2. The second-order valence-electron chi connectivity index (χ2n) is 5.27. The number of hydrogen-bond donors (Lipinski definition) is 2. The van der Waals surface area contributed by atoms with E-state index in [1.54, 1.807) is 21.8 Å². The van der Waals surface area contributed by atoms with Crippen LogP contribution in [0.4, 0.5) is 4.79 Å². The molecule has 0 aliphatic carbocycles. The molecule has 2 N–H and O–H groups in total. The van der Waals surface area contributed by atoms with Crippen molar-refractivity contribution in [1.82, 2.24) is 14.9 Å². The van der Waals surface area contributed by atoms with Crippen molar-refractivity contribution < 1.29 is 13.2 Å². The summed E-state index contributed by atoms with van der Waals surface area (Å²) < 4.78 is 27.4. The number of amides is 2. The van der Waals surface area contributed by atoms with Gasteiger partial charge in [0.2, 0.25) is 0 Å². The summed E-state index contributed by atoms with van der Waals surface area (Å²) in [5.74, 6) is 0. The van der Waals surface area contributed by atoms with E-state index in [9.17, 15) is 13.2 Å². The van der Waals surface area contributed by atoms with Crippen LogP contribution in [0.25, 0.3) is 0 Å². The first-order valence-electron chi connectivity index (χ1n) is 7.62. The second kappa shape index (κ2) is 7.94. The largest absolute Gasteiger partial charge is 0.338 e. The summed E-state index contributed by atoms with van der Waals surface area (Å²) >= 11 is 1.25. The van der Waals surface area contributed by atoms with Gasteiger partial charge in [-0.1, -0.05) is 12.5 Å². The summed E-state index contributed by atoms with van der Waals surface area (Å²) in [5, 5.41) is 7.22. The Morgan fingerprint density at radius 3 is 2.91 bits per heavy atom. The van der Waals surface area contributed by atoms with Crippen LogP contribution in [0.3, 0.4) is 0 Å². The van der Waals surface area contributed by atoms with E-state index in [1.165, 1.54) is 11.3 Å². The van der Waals surface area contributed by atoms with Crippen LogP contribution >= 0.6 is 11.3 Å². The average Bonchev–Trinajstić information content (AvgIpc) is 3.03. The summed E-state index contributed by atoms with van der Waals surface area (Å²) in [6.45, 7) is 3.48. The third-order valence-corrected chi connectivity index (χ3v) is 7.06. The number of hydrogen-bond acceptors (Lipinski definition) is 4. The fraction of sp³-hybridized carbons (Fsp3) is 0.643. The van der Waals surface area contributed by atoms with Gasteiger partial charge in [-0.05, 0) is 37.6 Å². The molecular formula is C14H23N3O3S2. The van der Waals surface area contributed by atoms with Crippen LogP contribution in [0.1, 0.15) is 32.6 Å². The molecule has 0 spiro atoms. The Bertz CT molecular complexity index is 572. The minimum absolute atomic E-state index is 0.0391. The van der Waals surface area contributed by atoms with E-state index in [2.05, 4.69) is 10.6 Å². The number of carbonyl (C=O) groups excluding carboxylic acids is 1. The number of thiophene rings is 1. The van der Waals surface area contributed by atoms with Crippen LogP contribution in [0.2, 0.25) is 0 Å². The standard InChI is InChI=1S/C14H23N3O3S2/c1-2-15-14(18)16-9-8-12-6-3-4-10-17(12)22(19,20)13-7-5-11-21-13/h5,7,11-12H,2-4,6,8-10H2,1H3,(H2,15,16,18). The number of sulfonamides is 1. The first-order chi connectivity index (χ1) is 10.6. The Morgan fingerprint density at radius 1 is 1.41 bits per heavy atom. The van der Waals surface area contributed by atoms with E-state index in [0.29, 0.717) is 30.3 Å². The maximum atomic E-state index is 12.7. The number of carbonyl (C=O) groups is 1. The van der Waals surface area contributed by atoms with Gasteiger partial charge in [-0.2, -0.15) is 4.31 Å². The number of nitrogens with zero attached hydrogens (tertiary/aromatic N) is 1. The Morgan fingerprint density at radius 2 is 2.23 bits per heavy atom. The lowest BCUT2D eigenvalue weighted by molar-refractivity contribution is 0.229. The van der Waals surface area contributed by atoms with Gasteiger partial charge in [0.05, 0.1) is 0 Å². The predicted octanol–water partition coefficient (Wildman–Crippen LogP) is 2.00. The van der Waals surface area contributed by atoms with Crippen molar-refractivity contribution in [2.75, 3.05) is 19.6 Å². The molecule has 2 rings (SSSR count). The van der Waals surface area contributed by atoms with E-state index in [-0.39, 0.29) is 12.1 Å². The molecule has 6 nitrogen and oxygen atoms in total. The molecule has 22 heavy (non-hydrogen) atoms. The van der Waals surface area contributed by atoms with E-state index in [4.69, 9.17) is 0 Å². The molecule has 1 atom stereocenters. The Kier molecular flexibility index (Phi) is 6.22. The molecule has 1 aliphatic heterocycles. The summed E-state index contributed by atoms with van der Waals surface area (Å²) in [5.41, 5.74) is 0. The van der Waals surface area contributed by atoms with Gasteiger partial charge in [-0.15, -0.1) is 11.3 Å². The molecule has 0 radical (unpaired) electrons. The molecule has 0 aromatic carbocycles. The van der Waals surface area contributed by atoms with Crippen molar-refractivity contribution in [3.8, 4) is 0 Å². The van der Waals surface area contributed by atoms with E-state index in [1.807, 2.05) is 6.92 Å². The first kappa shape index (κ1) is 17.2. The summed E-state index contributed by atoms with van der Waals surface area (Å²) in [7, 11) is -3.41. The van der Waals surface area contributed by atoms with Crippen molar-refractivity contribution >= 4 is 27.4 Å². The highest BCUT2D eigenvalue weighted by Gasteiger charge is 2.33. The maximum Gasteiger partial charge on any atom is 0.314 e. The Balaban J connectivity index is 1.98. The number of rotatable bonds is 6. The molecule has 1 aromatic heterocycles. The fourth-order valence-electron chi connectivity index (χ4n) is 2.68. The zero-order valence-corrected chi connectivity index (χ0v) is 14.4. The van der Waals surface area contributed by atoms with E-state index >= 15 is 0 Å². The van der Waals surface area contributed by atoms with Gasteiger partial charge >= 0.3 is 6.03 Å². The lowest BCUT2D eigenvalue weighted by Gasteiger charge is -2.34. The Hall–Kier alpha value is -1.12. The fourth-order valence-corrected chi connectivity index (χ4v) is 5.52. The maximum absolute atomic E-state index is 12.7. The highest BCUT2D eigenvalue weighted by Crippen LogP contribution is 2.28. The van der Waals surface area contributed by atoms with Crippen LogP contribution in [0.5, 0.6) is 0 Å². The molecule has 1 aliphatic rings. The number of piperidine rings is 1. The van der Waals surface area contributed by atoms with Crippen LogP contribution < -0.4 is 10.6 Å². The van der Waals surface area contributed by atoms with Gasteiger partial charge in [0.1, 0.15) is 4.21 Å². The van der Waals surface area contributed by atoms with E-state index < -0.39 is 10.0 Å². The first-order valence-corrected chi connectivity index (χ1v) is 9.94. The molecule has 0 bridgehead atoms. The molecule has 124 valence electrons. The molecule has 0 saturated carbocycles. The lowest BCUT2D eigenvalue weighted by atomic mass is 10.0. The molecular weight excluding hydrogens is 322 g/mol. The van der Waals surface area contributed by atoms with Crippen LogP contribution in [-0.2, 0) is 10.0 Å². The third kappa shape index (κ3) is 4.21. The minimum atomic E-state index is -3.41. The van der Waals surface area contributed by atoms with Gasteiger partial charge in [-0.3, -0.25) is 0 Å². The third-order valence-electron chi connectivity index (χ3n) is 3.73. The van der Waals surface area contributed by atoms with Crippen molar-refractivity contribution in [3.05, 3.63) is 17.5 Å². The minimum Gasteiger partial charge on any atom is -0.338 e. The second-order valence-corrected chi connectivity index (χ2v) is 8.34. The van der Waals surface area contributed by atoms with Crippen molar-refractivity contribution in [3.63, 3.8) is 0 Å². The van der Waals surface area contributed by atoms with Crippen molar-refractivity contribution in [2.45, 2.75) is 42.9 Å². The summed E-state index contributed by atoms with van der Waals surface area (Å²) in [6.07, 6.45) is 3.41. The summed E-state index contributed by atoms with van der Waals surface area (Å²) in [6, 6.07) is 3.17. The molecule has 1 saturated heterocycles. The molecule has 8 heteroatoms. The molecule has 2 heterocycles. The average molecular weight is 345 g/mol. The molecule has 1 unspecified atom stereocenters. The monoisotopic (exact) mass is 345 g/mol. The SMILES string of the molecule is CCNC(=O)NCCC1CCCCN1S(=O)(=O)c1cccs1. The van der Waals surface area contributed by atoms with Gasteiger partial charge in [0.15, 0.2) is 0 Å². The normalized spacial score (nSPS) is 19.8. The van der Waals surface area contributed by atoms with Crippen LogP contribution in [0.15, 0.2) is 21.7 Å². The highest BCUT2D eigenvalue weighted by molar-refractivity contribution is 7.91. The predicted molar refractivity (Wildman–Crippen MR) is 87.5 cm³/mol. The van der Waals surface area contributed by atoms with Crippen LogP contribution in [0, 0.1) is 0 Å². The van der Waals surface area contributed by atoms with Crippen LogP contribution in [-0.4, -0.2) is 44.4 Å². The smallest absolute Gasteiger partial charge is 0.314 e. The molecule has 2 amide bonds. The van der Waals surface area contributed by atoms with Gasteiger partial charge < -0.3 is 10.6 Å². The number of nitrogens with one attached hydrogen (secondary N) is 2. The van der Waals surface area contributed by atoms with E-state index in [0.717, 1.165) is 19.3 Å². The molecule has 1 fully saturated rings. The van der Waals surface area contributed by atoms with Crippen molar-refractivity contribution in [2.24, 2.45) is 0 Å². The zero-order chi connectivity index (χ0) is 16.0.